The Morgan fingerprint density at radius 3 is 3.00 bits per heavy atom. The van der Waals surface area contributed by atoms with Crippen LogP contribution in [0.3, 0.4) is 0 Å². The molecule has 0 spiro atoms. The van der Waals surface area contributed by atoms with Crippen molar-refractivity contribution in [2.45, 2.75) is 31.4 Å². The lowest BCUT2D eigenvalue weighted by Crippen LogP contribution is -2.35. The Kier molecular flexibility index (Phi) is 3.61. The van der Waals surface area contributed by atoms with Gasteiger partial charge in [0.25, 0.3) is 0 Å². The molecule has 108 valence electrons. The van der Waals surface area contributed by atoms with Crippen molar-refractivity contribution in [2.75, 3.05) is 19.0 Å². The van der Waals surface area contributed by atoms with E-state index in [2.05, 4.69) is 18.3 Å². The lowest BCUT2D eigenvalue weighted by atomic mass is 9.92. The lowest BCUT2D eigenvalue weighted by molar-refractivity contribution is 0.105. The van der Waals surface area contributed by atoms with E-state index in [0.717, 1.165) is 29.8 Å². The zero-order chi connectivity index (χ0) is 14.3. The van der Waals surface area contributed by atoms with Crippen LogP contribution in [0.5, 0.6) is 0 Å². The summed E-state index contributed by atoms with van der Waals surface area (Å²) in [5, 5.41) is 2.83. The van der Waals surface area contributed by atoms with E-state index in [1.807, 2.05) is 12.1 Å². The number of ether oxygens (including phenoxy) is 1. The summed E-state index contributed by atoms with van der Waals surface area (Å²) in [6.07, 6.45) is 1.21. The second-order valence-corrected chi connectivity index (χ2v) is 6.10. The number of carbonyl (C=O) groups excluding carboxylic acids is 1. The largest absolute Gasteiger partial charge is 0.378 e. The van der Waals surface area contributed by atoms with Gasteiger partial charge < -0.3 is 15.0 Å². The van der Waals surface area contributed by atoms with Crippen molar-refractivity contribution in [1.82, 2.24) is 4.90 Å². The maximum absolute atomic E-state index is 11.6. The first-order chi connectivity index (χ1) is 9.56. The number of amides is 2. The van der Waals surface area contributed by atoms with Gasteiger partial charge in [-0.15, -0.1) is 11.6 Å². The van der Waals surface area contributed by atoms with Gasteiger partial charge in [-0.05, 0) is 30.5 Å². The number of urea groups is 1. The third-order valence-electron chi connectivity index (χ3n) is 4.25. The molecule has 1 aromatic carbocycles. The molecular formula is C15H19ClN2O2. The SMILES string of the molecule is CC1OCCC1C(Cl)c1ccc2c(c1)CN(C)C(=O)N2. The number of alkyl halides is 1. The predicted octanol–water partition coefficient (Wildman–Crippen LogP) is 3.37. The minimum atomic E-state index is -0.0644. The van der Waals surface area contributed by atoms with Gasteiger partial charge in [-0.3, -0.25) is 0 Å². The summed E-state index contributed by atoms with van der Waals surface area (Å²) < 4.78 is 5.60. The molecule has 20 heavy (non-hydrogen) atoms. The molecule has 2 amide bonds. The highest BCUT2D eigenvalue weighted by atomic mass is 35.5. The molecule has 0 saturated carbocycles. The van der Waals surface area contributed by atoms with E-state index in [-0.39, 0.29) is 17.5 Å². The molecule has 2 heterocycles. The Labute approximate surface area is 124 Å². The van der Waals surface area contributed by atoms with Gasteiger partial charge in [-0.25, -0.2) is 4.79 Å². The van der Waals surface area contributed by atoms with Crippen LogP contribution in [-0.4, -0.2) is 30.7 Å². The van der Waals surface area contributed by atoms with Gasteiger partial charge >= 0.3 is 6.03 Å². The molecule has 0 aromatic heterocycles. The quantitative estimate of drug-likeness (QED) is 0.850. The van der Waals surface area contributed by atoms with Crippen LogP contribution in [0.2, 0.25) is 0 Å². The van der Waals surface area contributed by atoms with E-state index < -0.39 is 0 Å². The van der Waals surface area contributed by atoms with Crippen LogP contribution in [0.15, 0.2) is 18.2 Å². The van der Waals surface area contributed by atoms with Crippen molar-refractivity contribution in [3.05, 3.63) is 29.3 Å². The second-order valence-electron chi connectivity index (χ2n) is 5.63. The van der Waals surface area contributed by atoms with Crippen molar-refractivity contribution in [1.29, 1.82) is 0 Å². The van der Waals surface area contributed by atoms with Crippen LogP contribution >= 0.6 is 11.6 Å². The zero-order valence-electron chi connectivity index (χ0n) is 11.7. The van der Waals surface area contributed by atoms with Gasteiger partial charge in [0.1, 0.15) is 0 Å². The van der Waals surface area contributed by atoms with E-state index in [1.165, 1.54) is 0 Å². The number of halogens is 1. The Hall–Kier alpha value is -1.26. The van der Waals surface area contributed by atoms with Crippen molar-refractivity contribution < 1.29 is 9.53 Å². The van der Waals surface area contributed by atoms with Gasteiger partial charge in [-0.2, -0.15) is 0 Å². The molecule has 5 heteroatoms. The monoisotopic (exact) mass is 294 g/mol. The van der Waals surface area contributed by atoms with Gasteiger partial charge in [0.2, 0.25) is 0 Å². The fourth-order valence-electron chi connectivity index (χ4n) is 2.96. The third kappa shape index (κ3) is 2.38. The van der Waals surface area contributed by atoms with Gasteiger partial charge in [0, 0.05) is 31.8 Å². The van der Waals surface area contributed by atoms with Crippen LogP contribution in [0.4, 0.5) is 10.5 Å². The fourth-order valence-corrected chi connectivity index (χ4v) is 3.42. The summed E-state index contributed by atoms with van der Waals surface area (Å²) in [5.74, 6) is 0.352. The average molecular weight is 295 g/mol. The van der Waals surface area contributed by atoms with Gasteiger partial charge in [-0.1, -0.05) is 12.1 Å². The number of hydrogen-bond acceptors (Lipinski definition) is 2. The van der Waals surface area contributed by atoms with E-state index in [4.69, 9.17) is 16.3 Å². The zero-order valence-corrected chi connectivity index (χ0v) is 12.5. The summed E-state index contributed by atoms with van der Waals surface area (Å²) in [6, 6.07) is 6.00. The van der Waals surface area contributed by atoms with Gasteiger partial charge in [0.05, 0.1) is 11.5 Å². The van der Waals surface area contributed by atoms with E-state index in [0.29, 0.717) is 12.5 Å². The first-order valence-electron chi connectivity index (χ1n) is 6.97. The van der Waals surface area contributed by atoms with E-state index in [9.17, 15) is 4.79 Å². The molecule has 3 atom stereocenters. The van der Waals surface area contributed by atoms with E-state index >= 15 is 0 Å². The molecule has 2 aliphatic rings. The standard InChI is InChI=1S/C15H19ClN2O2/c1-9-12(5-6-20-9)14(16)10-3-4-13-11(7-10)8-18(2)15(19)17-13/h3-4,7,9,12,14H,5-6,8H2,1-2H3,(H,17,19). The molecular weight excluding hydrogens is 276 g/mol. The summed E-state index contributed by atoms with van der Waals surface area (Å²) in [5.41, 5.74) is 3.11. The summed E-state index contributed by atoms with van der Waals surface area (Å²) >= 11 is 6.63. The normalized spacial score (nSPS) is 27.1. The molecule has 0 radical (unpaired) electrons. The summed E-state index contributed by atoms with van der Waals surface area (Å²) in [6.45, 7) is 3.49. The highest BCUT2D eigenvalue weighted by molar-refractivity contribution is 6.21. The topological polar surface area (TPSA) is 41.6 Å². The maximum atomic E-state index is 11.6. The molecule has 0 aliphatic carbocycles. The number of rotatable bonds is 2. The molecule has 1 fully saturated rings. The number of carbonyl (C=O) groups is 1. The second kappa shape index (κ2) is 5.26. The molecule has 0 bridgehead atoms. The molecule has 1 aromatic rings. The molecule has 1 N–H and O–H groups in total. The highest BCUT2D eigenvalue weighted by Gasteiger charge is 2.32. The number of fused-ring (bicyclic) bond motifs is 1. The van der Waals surface area contributed by atoms with Crippen molar-refractivity contribution >= 4 is 23.3 Å². The maximum Gasteiger partial charge on any atom is 0.321 e. The Morgan fingerprint density at radius 2 is 2.30 bits per heavy atom. The van der Waals surface area contributed by atoms with Crippen LogP contribution in [0.25, 0.3) is 0 Å². The van der Waals surface area contributed by atoms with Crippen molar-refractivity contribution in [3.8, 4) is 0 Å². The number of nitrogens with one attached hydrogen (secondary N) is 1. The summed E-state index contributed by atoms with van der Waals surface area (Å²) in [4.78, 5) is 13.3. The van der Waals surface area contributed by atoms with Crippen LogP contribution in [0, 0.1) is 5.92 Å². The smallest absolute Gasteiger partial charge is 0.321 e. The fraction of sp³-hybridized carbons (Fsp3) is 0.533. The van der Waals surface area contributed by atoms with Crippen LogP contribution in [-0.2, 0) is 11.3 Å². The first-order valence-corrected chi connectivity index (χ1v) is 7.40. The lowest BCUT2D eigenvalue weighted by Gasteiger charge is -2.27. The molecule has 1 saturated heterocycles. The molecule has 2 aliphatic heterocycles. The molecule has 3 unspecified atom stereocenters. The minimum absolute atomic E-state index is 0.0410. The highest BCUT2D eigenvalue weighted by Crippen LogP contribution is 2.39. The Balaban J connectivity index is 1.85. The number of hydrogen-bond donors (Lipinski definition) is 1. The van der Waals surface area contributed by atoms with Crippen LogP contribution in [0.1, 0.15) is 29.8 Å². The van der Waals surface area contributed by atoms with E-state index in [1.54, 1.807) is 11.9 Å². The van der Waals surface area contributed by atoms with Crippen molar-refractivity contribution in [2.24, 2.45) is 5.92 Å². The Morgan fingerprint density at radius 1 is 1.50 bits per heavy atom. The molecule has 4 nitrogen and oxygen atoms in total. The number of anilines is 1. The Bertz CT molecular complexity index is 535. The van der Waals surface area contributed by atoms with Crippen LogP contribution < -0.4 is 5.32 Å². The average Bonchev–Trinajstić information content (AvgIpc) is 2.85. The summed E-state index contributed by atoms with van der Waals surface area (Å²) in [7, 11) is 1.79. The van der Waals surface area contributed by atoms with Gasteiger partial charge in [0.15, 0.2) is 0 Å². The number of benzene rings is 1. The first kappa shape index (κ1) is 13.7. The third-order valence-corrected chi connectivity index (χ3v) is 4.83. The predicted molar refractivity (Wildman–Crippen MR) is 79.0 cm³/mol. The molecule has 3 rings (SSSR count). The van der Waals surface area contributed by atoms with Crippen molar-refractivity contribution in [3.63, 3.8) is 0 Å². The minimum Gasteiger partial charge on any atom is -0.378 e. The number of nitrogens with zero attached hydrogens (tertiary/aromatic N) is 1.